The van der Waals surface area contributed by atoms with Crippen LogP contribution in [0.25, 0.3) is 22.2 Å². The monoisotopic (exact) mass is 578 g/mol. The van der Waals surface area contributed by atoms with Crippen LogP contribution in [-0.2, 0) is 14.3 Å². The molecule has 3 aromatic carbocycles. The molecule has 0 radical (unpaired) electrons. The number of fused-ring (bicyclic) bond motifs is 6. The number of para-hydroxylation sites is 1. The fourth-order valence-corrected chi connectivity index (χ4v) is 6.62. The van der Waals surface area contributed by atoms with Gasteiger partial charge in [0.2, 0.25) is 17.6 Å². The summed E-state index contributed by atoms with van der Waals surface area (Å²) in [5, 5.41) is 10.8. The lowest BCUT2D eigenvalue weighted by Crippen LogP contribution is -2.32. The lowest BCUT2D eigenvalue weighted by molar-refractivity contribution is -0.123. The van der Waals surface area contributed by atoms with Crippen LogP contribution in [0.2, 0.25) is 5.02 Å². The first-order valence-electron chi connectivity index (χ1n) is 13.6. The molecule has 4 atom stereocenters. The molecule has 1 aliphatic heterocycles. The van der Waals surface area contributed by atoms with Crippen molar-refractivity contribution in [3.8, 4) is 17.0 Å². The number of ether oxygens (including phenoxy) is 1. The number of rotatable bonds is 6. The molecule has 2 amide bonds. The summed E-state index contributed by atoms with van der Waals surface area (Å²) in [7, 11) is 0. The molecule has 7 rings (SSSR count). The summed E-state index contributed by atoms with van der Waals surface area (Å²) in [6, 6.07) is 19.4. The second-order valence-corrected chi connectivity index (χ2v) is 11.2. The Hall–Kier alpha value is -4.82. The van der Waals surface area contributed by atoms with Crippen molar-refractivity contribution in [3.05, 3.63) is 101 Å². The molecule has 1 N–H and O–H groups in total. The number of phenols is 1. The number of amides is 2. The molecular formula is C33H23ClN2O6. The molecule has 42 heavy (non-hydrogen) atoms. The fourth-order valence-electron chi connectivity index (χ4n) is 6.45. The Morgan fingerprint density at radius 2 is 1.60 bits per heavy atom. The van der Waals surface area contributed by atoms with E-state index < -0.39 is 18.4 Å². The molecule has 0 spiro atoms. The Morgan fingerprint density at radius 1 is 0.905 bits per heavy atom. The van der Waals surface area contributed by atoms with E-state index in [0.29, 0.717) is 32.9 Å². The highest BCUT2D eigenvalue weighted by molar-refractivity contribution is 6.31. The number of anilines is 1. The van der Waals surface area contributed by atoms with E-state index >= 15 is 0 Å². The Labute approximate surface area is 245 Å². The van der Waals surface area contributed by atoms with Crippen LogP contribution >= 0.6 is 11.6 Å². The summed E-state index contributed by atoms with van der Waals surface area (Å²) in [6.07, 6.45) is 4.99. The van der Waals surface area contributed by atoms with Gasteiger partial charge >= 0.3 is 5.97 Å². The second-order valence-electron chi connectivity index (χ2n) is 10.8. The van der Waals surface area contributed by atoms with Gasteiger partial charge in [0.05, 0.1) is 39.9 Å². The summed E-state index contributed by atoms with van der Waals surface area (Å²) in [5.74, 6) is -2.12. The molecule has 2 bridgehead atoms. The number of aromatic nitrogens is 1. The van der Waals surface area contributed by atoms with E-state index in [0.717, 1.165) is 6.42 Å². The highest BCUT2D eigenvalue weighted by Crippen LogP contribution is 2.53. The number of carbonyl (C=O) groups is 4. The van der Waals surface area contributed by atoms with Gasteiger partial charge in [0.15, 0.2) is 6.61 Å². The van der Waals surface area contributed by atoms with Gasteiger partial charge in [-0.05, 0) is 66.8 Å². The van der Waals surface area contributed by atoms with Gasteiger partial charge in [0.25, 0.3) is 0 Å². The van der Waals surface area contributed by atoms with Crippen LogP contribution in [0.15, 0.2) is 84.9 Å². The number of aromatic hydroxyl groups is 1. The molecule has 4 aromatic rings. The molecule has 9 heteroatoms. The summed E-state index contributed by atoms with van der Waals surface area (Å²) < 4.78 is 5.35. The van der Waals surface area contributed by atoms with E-state index in [1.54, 1.807) is 60.7 Å². The maximum Gasteiger partial charge on any atom is 0.339 e. The smallest absolute Gasteiger partial charge is 0.339 e. The predicted molar refractivity (Wildman–Crippen MR) is 155 cm³/mol. The third-order valence-electron chi connectivity index (χ3n) is 8.42. The quantitative estimate of drug-likeness (QED) is 0.137. The lowest BCUT2D eigenvalue weighted by atomic mass is 9.85. The van der Waals surface area contributed by atoms with Crippen LogP contribution in [0.4, 0.5) is 5.69 Å². The molecule has 2 fully saturated rings. The number of hydrogen-bond acceptors (Lipinski definition) is 7. The van der Waals surface area contributed by atoms with Crippen LogP contribution in [0, 0.1) is 23.7 Å². The van der Waals surface area contributed by atoms with Crippen LogP contribution in [-0.4, -0.2) is 40.3 Å². The first kappa shape index (κ1) is 26.1. The third kappa shape index (κ3) is 4.18. The van der Waals surface area contributed by atoms with Gasteiger partial charge in [-0.25, -0.2) is 9.78 Å². The van der Waals surface area contributed by atoms with E-state index in [1.165, 1.54) is 17.0 Å². The topological polar surface area (TPSA) is 114 Å². The van der Waals surface area contributed by atoms with Crippen molar-refractivity contribution in [2.75, 3.05) is 11.5 Å². The van der Waals surface area contributed by atoms with E-state index in [4.69, 9.17) is 21.3 Å². The Morgan fingerprint density at radius 3 is 2.29 bits per heavy atom. The number of nitrogens with zero attached hydrogens (tertiary/aromatic N) is 2. The zero-order valence-corrected chi connectivity index (χ0v) is 22.8. The average Bonchev–Trinajstić information content (AvgIpc) is 3.69. The number of Topliss-reactive ketones (excluding diaryl/α,β-unsaturated/α-hetero) is 1. The van der Waals surface area contributed by atoms with Gasteiger partial charge in [0, 0.05) is 16.0 Å². The van der Waals surface area contributed by atoms with E-state index in [2.05, 4.69) is 12.2 Å². The summed E-state index contributed by atoms with van der Waals surface area (Å²) in [6.45, 7) is -0.568. The van der Waals surface area contributed by atoms with Crippen molar-refractivity contribution < 1.29 is 29.0 Å². The fraction of sp³-hybridized carbons (Fsp3) is 0.182. The lowest BCUT2D eigenvalue weighted by Gasteiger charge is -2.17. The standard InChI is InChI=1S/C33H23ClN2O6/c34-20-9-12-25-23(14-20)24(33(41)42-16-28(38)22-3-1-2-4-27(22)37)15-26(35-25)17-7-10-21(11-8-17)36-31(39)29-18-5-6-19(13-18)30(29)32(36)40/h1-12,14-15,18-19,29-30,37H,13,16H2. The minimum absolute atomic E-state index is 0.0521. The van der Waals surface area contributed by atoms with Gasteiger partial charge in [0.1, 0.15) is 5.75 Å². The van der Waals surface area contributed by atoms with Gasteiger partial charge < -0.3 is 9.84 Å². The predicted octanol–water partition coefficient (Wildman–Crippen LogP) is 5.61. The Bertz CT molecular complexity index is 1820. The van der Waals surface area contributed by atoms with Crippen molar-refractivity contribution in [1.29, 1.82) is 0 Å². The third-order valence-corrected chi connectivity index (χ3v) is 8.66. The molecule has 3 aliphatic rings. The maximum atomic E-state index is 13.2. The van der Waals surface area contributed by atoms with Crippen molar-refractivity contribution in [2.24, 2.45) is 23.7 Å². The highest BCUT2D eigenvalue weighted by Gasteiger charge is 2.59. The number of hydrogen-bond donors (Lipinski definition) is 1. The van der Waals surface area contributed by atoms with Gasteiger partial charge in [-0.3, -0.25) is 19.3 Å². The Kier molecular flexibility index (Phi) is 6.17. The first-order valence-corrected chi connectivity index (χ1v) is 13.9. The molecule has 1 aromatic heterocycles. The van der Waals surface area contributed by atoms with Crippen LogP contribution in [0.5, 0.6) is 5.75 Å². The summed E-state index contributed by atoms with van der Waals surface area (Å²) in [4.78, 5) is 58.2. The first-order chi connectivity index (χ1) is 20.3. The number of imide groups is 1. The van der Waals surface area contributed by atoms with Crippen molar-refractivity contribution >= 4 is 51.8 Å². The van der Waals surface area contributed by atoms with Crippen molar-refractivity contribution in [1.82, 2.24) is 4.98 Å². The molecular weight excluding hydrogens is 556 g/mol. The zero-order chi connectivity index (χ0) is 29.1. The number of carbonyl (C=O) groups excluding carboxylic acids is 4. The van der Waals surface area contributed by atoms with Gasteiger partial charge in [-0.15, -0.1) is 0 Å². The molecule has 1 saturated carbocycles. The van der Waals surface area contributed by atoms with Gasteiger partial charge in [-0.1, -0.05) is 48.0 Å². The number of allylic oxidation sites excluding steroid dienone is 2. The van der Waals surface area contributed by atoms with Crippen LogP contribution < -0.4 is 4.90 Å². The summed E-state index contributed by atoms with van der Waals surface area (Å²) >= 11 is 6.21. The second kappa shape index (κ2) is 9.92. The minimum Gasteiger partial charge on any atom is -0.507 e. The van der Waals surface area contributed by atoms with Crippen LogP contribution in [0.1, 0.15) is 27.1 Å². The van der Waals surface area contributed by atoms with Crippen LogP contribution in [0.3, 0.4) is 0 Å². The normalized spacial score (nSPS) is 22.2. The number of ketones is 1. The van der Waals surface area contributed by atoms with E-state index in [1.807, 2.05) is 0 Å². The average molecular weight is 579 g/mol. The van der Waals surface area contributed by atoms with E-state index in [-0.39, 0.29) is 52.4 Å². The molecule has 2 aliphatic carbocycles. The molecule has 1 saturated heterocycles. The number of halogens is 1. The summed E-state index contributed by atoms with van der Waals surface area (Å²) in [5.41, 5.74) is 2.30. The number of phenolic OH excluding ortho intramolecular Hbond substituents is 1. The maximum absolute atomic E-state index is 13.2. The molecule has 208 valence electrons. The van der Waals surface area contributed by atoms with E-state index in [9.17, 15) is 24.3 Å². The number of benzene rings is 3. The van der Waals surface area contributed by atoms with Crippen molar-refractivity contribution in [2.45, 2.75) is 6.42 Å². The van der Waals surface area contributed by atoms with Gasteiger partial charge in [-0.2, -0.15) is 0 Å². The minimum atomic E-state index is -0.755. The molecule has 8 nitrogen and oxygen atoms in total. The molecule has 4 unspecified atom stereocenters. The van der Waals surface area contributed by atoms with Crippen molar-refractivity contribution in [3.63, 3.8) is 0 Å². The SMILES string of the molecule is O=C(COC(=O)c1cc(-c2ccc(N3C(=O)C4C5C=CC(C5)C4C3=O)cc2)nc2ccc(Cl)cc12)c1ccccc1O. The molecule has 2 heterocycles. The zero-order valence-electron chi connectivity index (χ0n) is 22.1. The number of pyridine rings is 1. The largest absolute Gasteiger partial charge is 0.507 e. The Balaban J connectivity index is 1.17. The number of esters is 1. The highest BCUT2D eigenvalue weighted by atomic mass is 35.5.